The average Bonchev–Trinajstić information content (AvgIpc) is 2.35. The Morgan fingerprint density at radius 2 is 1.70 bits per heavy atom. The van der Waals surface area contributed by atoms with Gasteiger partial charge in [-0.25, -0.2) is 0 Å². The Morgan fingerprint density at radius 3 is 2.20 bits per heavy atom. The van der Waals surface area contributed by atoms with Crippen molar-refractivity contribution < 1.29 is 14.3 Å². The van der Waals surface area contributed by atoms with E-state index in [4.69, 9.17) is 4.74 Å². The smallest absolute Gasteiger partial charge is 0.305 e. The van der Waals surface area contributed by atoms with Crippen molar-refractivity contribution in [3.8, 4) is 0 Å². The van der Waals surface area contributed by atoms with Gasteiger partial charge in [0.05, 0.1) is 12.6 Å². The summed E-state index contributed by atoms with van der Waals surface area (Å²) in [6.45, 7) is 10.3. The Balaban J connectivity index is 3.96. The molecule has 1 N–H and O–H groups in total. The zero-order chi connectivity index (χ0) is 15.5. The molecule has 118 valence electrons. The third kappa shape index (κ3) is 9.08. The van der Waals surface area contributed by atoms with Crippen LogP contribution in [0.3, 0.4) is 0 Å². The van der Waals surface area contributed by atoms with E-state index in [1.165, 1.54) is 0 Å². The molecular formula is C16H31NO3. The van der Waals surface area contributed by atoms with E-state index in [1.54, 1.807) is 0 Å². The zero-order valence-corrected chi connectivity index (χ0v) is 13.7. The lowest BCUT2D eigenvalue weighted by Crippen LogP contribution is -2.42. The molecular weight excluding hydrogens is 254 g/mol. The minimum atomic E-state index is -0.123. The Morgan fingerprint density at radius 1 is 1.05 bits per heavy atom. The fourth-order valence-corrected chi connectivity index (χ4v) is 2.14. The molecule has 0 aliphatic carbocycles. The molecule has 0 rings (SSSR count). The minimum Gasteiger partial charge on any atom is -0.466 e. The Hall–Kier alpha value is -0.900. The molecule has 4 heteroatoms. The predicted octanol–water partition coefficient (Wildman–Crippen LogP) is 3.09. The summed E-state index contributed by atoms with van der Waals surface area (Å²) >= 11 is 0. The number of carbonyl (C=O) groups excluding carboxylic acids is 2. The quantitative estimate of drug-likeness (QED) is 0.468. The summed E-state index contributed by atoms with van der Waals surface area (Å²) in [5, 5.41) is 3.34. The van der Waals surface area contributed by atoms with Crippen molar-refractivity contribution in [3.63, 3.8) is 0 Å². The molecule has 0 saturated heterocycles. The first-order valence-corrected chi connectivity index (χ1v) is 7.83. The third-order valence-electron chi connectivity index (χ3n) is 3.13. The third-order valence-corrected chi connectivity index (χ3v) is 3.13. The zero-order valence-electron chi connectivity index (χ0n) is 13.7. The molecule has 0 amide bonds. The van der Waals surface area contributed by atoms with E-state index in [0.717, 1.165) is 25.7 Å². The number of unbranched alkanes of at least 4 members (excludes halogenated alkanes) is 2. The van der Waals surface area contributed by atoms with Crippen molar-refractivity contribution in [2.45, 2.75) is 78.8 Å². The minimum absolute atomic E-state index is 0.0578. The van der Waals surface area contributed by atoms with Gasteiger partial charge in [0.25, 0.3) is 0 Å². The summed E-state index contributed by atoms with van der Waals surface area (Å²) in [5.41, 5.74) is 0. The Bertz CT molecular complexity index is 287. The number of esters is 1. The summed E-state index contributed by atoms with van der Waals surface area (Å²) < 4.78 is 4.89. The van der Waals surface area contributed by atoms with Crippen LogP contribution < -0.4 is 5.32 Å². The van der Waals surface area contributed by atoms with Gasteiger partial charge in [0.2, 0.25) is 0 Å². The van der Waals surface area contributed by atoms with Crippen LogP contribution in [0.25, 0.3) is 0 Å². The number of hydrogen-bond acceptors (Lipinski definition) is 4. The molecule has 0 bridgehead atoms. The number of rotatable bonds is 11. The number of nitrogens with one attached hydrogen (secondary N) is 1. The normalized spacial score (nSPS) is 12.8. The van der Waals surface area contributed by atoms with Gasteiger partial charge >= 0.3 is 5.97 Å². The monoisotopic (exact) mass is 285 g/mol. The highest BCUT2D eigenvalue weighted by Crippen LogP contribution is 2.11. The predicted molar refractivity (Wildman–Crippen MR) is 81.6 cm³/mol. The largest absolute Gasteiger partial charge is 0.466 e. The molecule has 0 fully saturated rings. The van der Waals surface area contributed by atoms with Gasteiger partial charge in [0.1, 0.15) is 0 Å². The van der Waals surface area contributed by atoms with Gasteiger partial charge in [0, 0.05) is 18.4 Å². The maximum atomic E-state index is 12.1. The molecule has 1 unspecified atom stereocenters. The lowest BCUT2D eigenvalue weighted by Gasteiger charge is -2.21. The molecule has 20 heavy (non-hydrogen) atoms. The number of ether oxygens (including phenoxy) is 1. The molecule has 0 aromatic carbocycles. The van der Waals surface area contributed by atoms with Gasteiger partial charge in [-0.1, -0.05) is 40.5 Å². The maximum Gasteiger partial charge on any atom is 0.305 e. The number of carbonyl (C=O) groups is 2. The van der Waals surface area contributed by atoms with Gasteiger partial charge in [-0.3, -0.25) is 9.59 Å². The molecule has 0 aromatic rings. The fourth-order valence-electron chi connectivity index (χ4n) is 2.14. The summed E-state index contributed by atoms with van der Waals surface area (Å²) in [6, 6.07) is 0.250. The van der Waals surface area contributed by atoms with Crippen LogP contribution in [0.15, 0.2) is 0 Å². The molecule has 1 atom stereocenters. The van der Waals surface area contributed by atoms with Crippen LogP contribution >= 0.6 is 0 Å². The molecule has 0 spiro atoms. The summed E-state index contributed by atoms with van der Waals surface area (Å²) in [6.07, 6.45) is 4.08. The van der Waals surface area contributed by atoms with Crippen molar-refractivity contribution in [1.82, 2.24) is 5.32 Å². The Labute approximate surface area is 123 Å². The van der Waals surface area contributed by atoms with E-state index >= 15 is 0 Å². The van der Waals surface area contributed by atoms with Crippen molar-refractivity contribution in [3.05, 3.63) is 0 Å². The molecule has 0 heterocycles. The van der Waals surface area contributed by atoms with E-state index < -0.39 is 0 Å². The van der Waals surface area contributed by atoms with Gasteiger partial charge in [-0.05, 0) is 19.8 Å². The van der Waals surface area contributed by atoms with Crippen molar-refractivity contribution in [1.29, 1.82) is 0 Å². The van der Waals surface area contributed by atoms with Gasteiger partial charge < -0.3 is 10.1 Å². The first-order chi connectivity index (χ1) is 9.38. The first-order valence-electron chi connectivity index (χ1n) is 7.83. The molecule has 0 aliphatic rings. The van der Waals surface area contributed by atoms with Crippen molar-refractivity contribution >= 4 is 11.8 Å². The van der Waals surface area contributed by atoms with Crippen LogP contribution in [0.2, 0.25) is 0 Å². The second-order valence-corrected chi connectivity index (χ2v) is 5.84. The van der Waals surface area contributed by atoms with Crippen molar-refractivity contribution in [2.24, 2.45) is 5.92 Å². The second-order valence-electron chi connectivity index (χ2n) is 5.84. The lowest BCUT2D eigenvalue weighted by molar-refractivity contribution is -0.143. The SMILES string of the molecule is CCOC(=O)CCCCCC(NC(C)C)C(=O)C(C)C. The summed E-state index contributed by atoms with van der Waals surface area (Å²) in [4.78, 5) is 23.3. The van der Waals surface area contributed by atoms with Crippen LogP contribution in [-0.4, -0.2) is 30.4 Å². The lowest BCUT2D eigenvalue weighted by atomic mass is 9.96. The van der Waals surface area contributed by atoms with Crippen LogP contribution in [0.4, 0.5) is 0 Å². The van der Waals surface area contributed by atoms with Crippen LogP contribution in [0.5, 0.6) is 0 Å². The van der Waals surface area contributed by atoms with Gasteiger partial charge in [-0.15, -0.1) is 0 Å². The second kappa shape index (κ2) is 10.8. The molecule has 0 aliphatic heterocycles. The van der Waals surface area contributed by atoms with Crippen LogP contribution in [-0.2, 0) is 14.3 Å². The maximum absolute atomic E-state index is 12.1. The molecule has 4 nitrogen and oxygen atoms in total. The van der Waals surface area contributed by atoms with E-state index in [0.29, 0.717) is 19.1 Å². The molecule has 0 radical (unpaired) electrons. The van der Waals surface area contributed by atoms with E-state index in [9.17, 15) is 9.59 Å². The highest BCUT2D eigenvalue weighted by molar-refractivity contribution is 5.85. The van der Waals surface area contributed by atoms with E-state index in [2.05, 4.69) is 19.2 Å². The average molecular weight is 285 g/mol. The summed E-state index contributed by atoms with van der Waals surface area (Å²) in [5.74, 6) is 0.220. The highest BCUT2D eigenvalue weighted by Gasteiger charge is 2.21. The van der Waals surface area contributed by atoms with E-state index in [1.807, 2.05) is 20.8 Å². The molecule has 0 aromatic heterocycles. The number of Topliss-reactive ketones (excluding diaryl/α,β-unsaturated/α-hetero) is 1. The van der Waals surface area contributed by atoms with Crippen LogP contribution in [0, 0.1) is 5.92 Å². The van der Waals surface area contributed by atoms with Gasteiger partial charge in [0.15, 0.2) is 5.78 Å². The topological polar surface area (TPSA) is 55.4 Å². The molecule has 0 saturated carbocycles. The van der Waals surface area contributed by atoms with Gasteiger partial charge in [-0.2, -0.15) is 0 Å². The standard InChI is InChI=1S/C16H31NO3/c1-6-20-15(18)11-9-7-8-10-14(17-13(4)5)16(19)12(2)3/h12-14,17H,6-11H2,1-5H3. The highest BCUT2D eigenvalue weighted by atomic mass is 16.5. The Kier molecular flexibility index (Phi) is 10.3. The number of ketones is 1. The summed E-state index contributed by atoms with van der Waals surface area (Å²) in [7, 11) is 0. The number of hydrogen-bond donors (Lipinski definition) is 1. The fraction of sp³-hybridized carbons (Fsp3) is 0.875. The van der Waals surface area contributed by atoms with E-state index in [-0.39, 0.29) is 23.7 Å². The van der Waals surface area contributed by atoms with Crippen molar-refractivity contribution in [2.75, 3.05) is 6.61 Å². The van der Waals surface area contributed by atoms with Crippen LogP contribution in [0.1, 0.15) is 66.7 Å². The first kappa shape index (κ1) is 19.1.